The van der Waals surface area contributed by atoms with Gasteiger partial charge in [-0.2, -0.15) is 0 Å². The van der Waals surface area contributed by atoms with Crippen molar-refractivity contribution in [2.45, 2.75) is 38.1 Å². The van der Waals surface area contributed by atoms with Crippen molar-refractivity contribution in [1.29, 1.82) is 0 Å². The Morgan fingerprint density at radius 1 is 1.43 bits per heavy atom. The number of hydrogen-bond acceptors (Lipinski definition) is 3. The van der Waals surface area contributed by atoms with E-state index >= 15 is 0 Å². The third-order valence-corrected chi connectivity index (χ3v) is 2.52. The van der Waals surface area contributed by atoms with Gasteiger partial charge in [-0.05, 0) is 17.9 Å². The first-order valence-corrected chi connectivity index (χ1v) is 4.82. The van der Waals surface area contributed by atoms with Crippen molar-refractivity contribution >= 4 is 6.03 Å². The van der Waals surface area contributed by atoms with Crippen LogP contribution in [0.5, 0.6) is 0 Å². The molecule has 0 saturated heterocycles. The highest BCUT2D eigenvalue weighted by atomic mass is 16.7. The van der Waals surface area contributed by atoms with Crippen molar-refractivity contribution < 1.29 is 9.83 Å². The Morgan fingerprint density at radius 2 is 2.00 bits per heavy atom. The van der Waals surface area contributed by atoms with E-state index in [4.69, 9.17) is 0 Å². The predicted octanol–water partition coefficient (Wildman–Crippen LogP) is 1.15. The van der Waals surface area contributed by atoms with Gasteiger partial charge in [-0.1, -0.05) is 19.3 Å². The number of nitrogens with zero attached hydrogens (tertiary/aromatic N) is 2. The van der Waals surface area contributed by atoms with E-state index in [1.54, 1.807) is 0 Å². The van der Waals surface area contributed by atoms with Crippen molar-refractivity contribution in [3.05, 3.63) is 10.1 Å². The molecular weight excluding hydrogens is 186 g/mol. The molecule has 1 rings (SSSR count). The zero-order chi connectivity index (χ0) is 10.6. The van der Waals surface area contributed by atoms with Crippen LogP contribution in [0, 0.1) is 10.1 Å². The quantitative estimate of drug-likeness (QED) is 0.538. The average Bonchev–Trinajstić information content (AvgIpc) is 2.19. The van der Waals surface area contributed by atoms with Crippen molar-refractivity contribution in [1.82, 2.24) is 10.3 Å². The molecular formula is C8H15N3O3. The van der Waals surface area contributed by atoms with Gasteiger partial charge in [0.05, 0.1) is 0 Å². The molecule has 0 heterocycles. The maximum Gasteiger partial charge on any atom is 0.375 e. The van der Waals surface area contributed by atoms with Gasteiger partial charge < -0.3 is 5.32 Å². The highest BCUT2D eigenvalue weighted by molar-refractivity contribution is 5.72. The summed E-state index contributed by atoms with van der Waals surface area (Å²) in [5.74, 6) is 0. The number of hydrazine groups is 1. The van der Waals surface area contributed by atoms with Crippen LogP contribution >= 0.6 is 0 Å². The Morgan fingerprint density at radius 3 is 2.43 bits per heavy atom. The molecule has 14 heavy (non-hydrogen) atoms. The third-order valence-electron chi connectivity index (χ3n) is 2.52. The third kappa shape index (κ3) is 2.34. The van der Waals surface area contributed by atoms with Gasteiger partial charge in [0, 0.05) is 7.05 Å². The summed E-state index contributed by atoms with van der Waals surface area (Å²) in [4.78, 5) is 21.9. The predicted molar refractivity (Wildman–Crippen MR) is 50.2 cm³/mol. The van der Waals surface area contributed by atoms with E-state index in [2.05, 4.69) is 5.32 Å². The van der Waals surface area contributed by atoms with Gasteiger partial charge in [0.15, 0.2) is 5.03 Å². The standard InChI is InChI=1S/C8H15N3O3/c1-9-8(12)10(11(13)14)7-5-3-2-4-6-7/h7H,2-6H2,1H3,(H,9,12). The second-order valence-corrected chi connectivity index (χ2v) is 3.43. The highest BCUT2D eigenvalue weighted by Crippen LogP contribution is 2.22. The fraction of sp³-hybridized carbons (Fsp3) is 0.875. The van der Waals surface area contributed by atoms with Gasteiger partial charge >= 0.3 is 6.03 Å². The molecule has 0 aromatic carbocycles. The van der Waals surface area contributed by atoms with Crippen LogP contribution < -0.4 is 5.32 Å². The van der Waals surface area contributed by atoms with E-state index < -0.39 is 11.1 Å². The lowest BCUT2D eigenvalue weighted by molar-refractivity contribution is -0.641. The van der Waals surface area contributed by atoms with Crippen molar-refractivity contribution in [2.75, 3.05) is 7.05 Å². The number of urea groups is 1. The van der Waals surface area contributed by atoms with Gasteiger partial charge in [-0.15, -0.1) is 0 Å². The molecule has 1 aliphatic rings. The Hall–Kier alpha value is -1.33. The smallest absolute Gasteiger partial charge is 0.337 e. The summed E-state index contributed by atoms with van der Waals surface area (Å²) >= 11 is 0. The SMILES string of the molecule is CNC(=O)N(C1CCCCC1)[N+](=O)[O-]. The van der Waals surface area contributed by atoms with Crippen LogP contribution in [0.3, 0.4) is 0 Å². The molecule has 1 N–H and O–H groups in total. The fourth-order valence-electron chi connectivity index (χ4n) is 1.81. The largest absolute Gasteiger partial charge is 0.375 e. The number of amides is 2. The monoisotopic (exact) mass is 201 g/mol. The minimum Gasteiger partial charge on any atom is -0.337 e. The molecule has 0 aromatic rings. The van der Waals surface area contributed by atoms with Crippen molar-refractivity contribution in [3.8, 4) is 0 Å². The molecule has 0 unspecified atom stereocenters. The first-order chi connectivity index (χ1) is 6.66. The number of hydrogen-bond donors (Lipinski definition) is 1. The maximum absolute atomic E-state index is 11.2. The molecule has 1 fully saturated rings. The minimum absolute atomic E-state index is 0.237. The van der Waals surface area contributed by atoms with Crippen LogP contribution in [-0.4, -0.2) is 29.2 Å². The lowest BCUT2D eigenvalue weighted by Crippen LogP contribution is -2.49. The van der Waals surface area contributed by atoms with Gasteiger partial charge in [0.1, 0.15) is 6.04 Å². The first-order valence-electron chi connectivity index (χ1n) is 4.82. The second-order valence-electron chi connectivity index (χ2n) is 3.43. The molecule has 1 aliphatic carbocycles. The lowest BCUT2D eigenvalue weighted by Gasteiger charge is -2.25. The summed E-state index contributed by atoms with van der Waals surface area (Å²) in [6, 6.07) is -0.861. The van der Waals surface area contributed by atoms with Gasteiger partial charge in [0.2, 0.25) is 0 Å². The first kappa shape index (κ1) is 10.7. The Kier molecular flexibility index (Phi) is 3.67. The summed E-state index contributed by atoms with van der Waals surface area (Å²) < 4.78 is 0. The zero-order valence-electron chi connectivity index (χ0n) is 8.23. The van der Waals surface area contributed by atoms with Crippen LogP contribution in [0.2, 0.25) is 0 Å². The van der Waals surface area contributed by atoms with E-state index in [1.807, 2.05) is 0 Å². The summed E-state index contributed by atoms with van der Waals surface area (Å²) in [7, 11) is 1.40. The minimum atomic E-state index is -0.623. The molecule has 0 aromatic heterocycles. The van der Waals surface area contributed by atoms with Crippen molar-refractivity contribution in [2.24, 2.45) is 0 Å². The lowest BCUT2D eigenvalue weighted by atomic mass is 9.95. The van der Waals surface area contributed by atoms with E-state index in [-0.39, 0.29) is 6.04 Å². The number of rotatable bonds is 2. The molecule has 0 radical (unpaired) electrons. The summed E-state index contributed by atoms with van der Waals surface area (Å²) in [6.07, 6.45) is 4.50. The number of nitrogens with one attached hydrogen (secondary N) is 1. The molecule has 80 valence electrons. The Bertz CT molecular complexity index is 226. The van der Waals surface area contributed by atoms with E-state index in [9.17, 15) is 14.9 Å². The molecule has 0 spiro atoms. The topological polar surface area (TPSA) is 75.5 Å². The number of carbonyl (C=O) groups excluding carboxylic acids is 1. The van der Waals surface area contributed by atoms with Crippen LogP contribution in [0.25, 0.3) is 0 Å². The van der Waals surface area contributed by atoms with Crippen LogP contribution in [0.4, 0.5) is 4.79 Å². The van der Waals surface area contributed by atoms with Crippen LogP contribution in [0.1, 0.15) is 32.1 Å². The van der Waals surface area contributed by atoms with E-state index in [1.165, 1.54) is 7.05 Å². The maximum atomic E-state index is 11.2. The fourth-order valence-corrected chi connectivity index (χ4v) is 1.81. The molecule has 6 heteroatoms. The molecule has 6 nitrogen and oxygen atoms in total. The van der Waals surface area contributed by atoms with Crippen LogP contribution in [0.15, 0.2) is 0 Å². The van der Waals surface area contributed by atoms with E-state index in [0.29, 0.717) is 0 Å². The van der Waals surface area contributed by atoms with Gasteiger partial charge in [-0.25, -0.2) is 14.9 Å². The average molecular weight is 201 g/mol. The normalized spacial score (nSPS) is 17.5. The Balaban J connectivity index is 2.65. The summed E-state index contributed by atoms with van der Waals surface area (Å²) in [5.41, 5.74) is 0. The van der Waals surface area contributed by atoms with Gasteiger partial charge in [-0.3, -0.25) is 0 Å². The molecule has 0 bridgehead atoms. The Labute approximate surface area is 82.4 Å². The molecule has 1 saturated carbocycles. The van der Waals surface area contributed by atoms with Crippen molar-refractivity contribution in [3.63, 3.8) is 0 Å². The second kappa shape index (κ2) is 4.78. The molecule has 0 aliphatic heterocycles. The zero-order valence-corrected chi connectivity index (χ0v) is 8.23. The number of nitro groups is 1. The van der Waals surface area contributed by atoms with Gasteiger partial charge in [0.25, 0.3) is 0 Å². The highest BCUT2D eigenvalue weighted by Gasteiger charge is 2.33. The molecule has 0 atom stereocenters. The van der Waals surface area contributed by atoms with Crippen LogP contribution in [-0.2, 0) is 0 Å². The molecule has 2 amide bonds. The van der Waals surface area contributed by atoms with E-state index in [0.717, 1.165) is 37.1 Å². The number of carbonyl (C=O) groups is 1. The summed E-state index contributed by atoms with van der Waals surface area (Å²) in [5, 5.41) is 13.1. The summed E-state index contributed by atoms with van der Waals surface area (Å²) in [6.45, 7) is 0.